The second-order valence-electron chi connectivity index (χ2n) is 20.1. The first-order valence-corrected chi connectivity index (χ1v) is 20.4. The molecule has 0 aromatic heterocycles. The molecule has 2 heterocycles. The molecule has 6 fully saturated rings. The lowest BCUT2D eigenvalue weighted by Crippen LogP contribution is -2.67. The summed E-state index contributed by atoms with van der Waals surface area (Å²) in [5.41, 5.74) is -0.244. The van der Waals surface area contributed by atoms with Gasteiger partial charge in [0.05, 0.1) is 31.3 Å². The van der Waals surface area contributed by atoms with E-state index in [4.69, 9.17) is 18.9 Å². The van der Waals surface area contributed by atoms with Gasteiger partial charge in [0.1, 0.15) is 42.7 Å². The fraction of sp³-hybridized carbons (Fsp3) is 0.927. The van der Waals surface area contributed by atoms with Gasteiger partial charge in [-0.3, -0.25) is 4.79 Å². The van der Waals surface area contributed by atoms with E-state index in [1.807, 2.05) is 0 Å². The van der Waals surface area contributed by atoms with Gasteiger partial charge in [0, 0.05) is 5.41 Å². The van der Waals surface area contributed by atoms with Gasteiger partial charge in [-0.25, -0.2) is 0 Å². The summed E-state index contributed by atoms with van der Waals surface area (Å²) in [5.74, 6) is -0.200. The van der Waals surface area contributed by atoms with Crippen molar-refractivity contribution in [2.45, 2.75) is 167 Å². The van der Waals surface area contributed by atoms with Gasteiger partial charge in [0.25, 0.3) is 0 Å². The average Bonchev–Trinajstić information content (AvgIpc) is 3.12. The number of rotatable bonds is 7. The molecule has 13 nitrogen and oxygen atoms in total. The summed E-state index contributed by atoms with van der Waals surface area (Å²) in [7, 11) is 0. The Labute approximate surface area is 319 Å². The lowest BCUT2D eigenvalue weighted by atomic mass is 9.33. The van der Waals surface area contributed by atoms with Crippen LogP contribution in [0.15, 0.2) is 11.6 Å². The Balaban J connectivity index is 1.08. The average molecular weight is 767 g/mol. The maximum atomic E-state index is 13.0. The summed E-state index contributed by atoms with van der Waals surface area (Å²) >= 11 is 0. The molecule has 18 atom stereocenters. The second-order valence-corrected chi connectivity index (χ2v) is 20.1. The number of carboxylic acid groups (broad SMARTS) is 1. The van der Waals surface area contributed by atoms with Crippen molar-refractivity contribution in [1.82, 2.24) is 0 Å². The zero-order valence-corrected chi connectivity index (χ0v) is 32.9. The van der Waals surface area contributed by atoms with Crippen molar-refractivity contribution >= 4 is 5.97 Å². The molecule has 0 unspecified atom stereocenters. The third-order valence-electron chi connectivity index (χ3n) is 17.1. The molecule has 4 saturated carbocycles. The van der Waals surface area contributed by atoms with E-state index in [1.54, 1.807) is 0 Å². The van der Waals surface area contributed by atoms with Crippen LogP contribution in [-0.4, -0.2) is 128 Å². The Kier molecular flexibility index (Phi) is 10.6. The molecule has 8 N–H and O–H groups in total. The van der Waals surface area contributed by atoms with E-state index < -0.39 is 84.8 Å². The molecule has 5 aliphatic carbocycles. The number of carboxylic acids is 1. The summed E-state index contributed by atoms with van der Waals surface area (Å²) in [6.45, 7) is 12.9. The molecule has 0 aromatic rings. The molecule has 7 rings (SSSR count). The van der Waals surface area contributed by atoms with Crippen molar-refractivity contribution in [2.24, 2.45) is 50.2 Å². The van der Waals surface area contributed by atoms with E-state index in [1.165, 1.54) is 5.57 Å². The van der Waals surface area contributed by atoms with Crippen LogP contribution in [0.1, 0.15) is 106 Å². The third-order valence-corrected chi connectivity index (χ3v) is 17.1. The van der Waals surface area contributed by atoms with Crippen molar-refractivity contribution in [2.75, 3.05) is 19.8 Å². The largest absolute Gasteiger partial charge is 0.481 e. The Morgan fingerprint density at radius 3 is 2.20 bits per heavy atom. The molecule has 0 radical (unpaired) electrons. The number of aliphatic carboxylic acids is 1. The van der Waals surface area contributed by atoms with Crippen LogP contribution in [0.5, 0.6) is 0 Å². The van der Waals surface area contributed by atoms with Crippen molar-refractivity contribution < 1.29 is 64.6 Å². The highest BCUT2D eigenvalue weighted by Crippen LogP contribution is 2.76. The summed E-state index contributed by atoms with van der Waals surface area (Å²) in [6, 6.07) is 0. The van der Waals surface area contributed by atoms with E-state index in [0.717, 1.165) is 51.4 Å². The van der Waals surface area contributed by atoms with E-state index in [2.05, 4.69) is 47.6 Å². The van der Waals surface area contributed by atoms with Gasteiger partial charge in [0.15, 0.2) is 12.6 Å². The first-order chi connectivity index (χ1) is 25.2. The Morgan fingerprint density at radius 2 is 1.54 bits per heavy atom. The van der Waals surface area contributed by atoms with Gasteiger partial charge in [0.2, 0.25) is 0 Å². The zero-order chi connectivity index (χ0) is 39.4. The number of carbonyl (C=O) groups is 1. The number of ether oxygens (including phenoxy) is 4. The lowest BCUT2D eigenvalue weighted by Gasteiger charge is -2.71. The fourth-order valence-electron chi connectivity index (χ4n) is 13.4. The van der Waals surface area contributed by atoms with Crippen LogP contribution in [0.25, 0.3) is 0 Å². The number of hydrogen-bond donors (Lipinski definition) is 8. The molecular formula is C41H66O13. The van der Waals surface area contributed by atoms with Crippen molar-refractivity contribution in [1.29, 1.82) is 0 Å². The van der Waals surface area contributed by atoms with E-state index in [0.29, 0.717) is 18.8 Å². The van der Waals surface area contributed by atoms with Gasteiger partial charge in [-0.1, -0.05) is 53.2 Å². The molecule has 54 heavy (non-hydrogen) atoms. The quantitative estimate of drug-likeness (QED) is 0.138. The molecule has 13 heteroatoms. The predicted molar refractivity (Wildman–Crippen MR) is 193 cm³/mol. The van der Waals surface area contributed by atoms with Gasteiger partial charge in [-0.2, -0.15) is 0 Å². The summed E-state index contributed by atoms with van der Waals surface area (Å²) in [4.78, 5) is 13.0. The number of aliphatic hydroxyl groups is 7. The molecule has 0 aromatic carbocycles. The molecule has 308 valence electrons. The predicted octanol–water partition coefficient (Wildman–Crippen LogP) is 2.49. The highest BCUT2D eigenvalue weighted by Gasteiger charge is 2.70. The highest BCUT2D eigenvalue weighted by molar-refractivity contribution is 5.76. The molecule has 2 saturated heterocycles. The minimum Gasteiger partial charge on any atom is -0.481 e. The number of allylic oxidation sites excluding steroid dienone is 2. The molecule has 2 aliphatic heterocycles. The standard InChI is InChI=1S/C41H66O13/c1-36(2)13-15-41(35(49)50)16-14-39(5)21(22(41)17-36)7-8-26-37(3)11-10-27(38(4,20-43)25(37)9-12-40(26,39)6)54-34-31(47)29(45)24(19-51-34)52-32-30(46)28(44)23(18-42)53-33(32)48/h7,22-34,42-48H,8-20H2,1-6H3,(H,49,50)/t22-,23-,24+,25-,26+,27+,28-,29+,30+,31-,32-,33-,34+,37+,38+,39+,40-,41+/m1/s1. The number of aliphatic hydroxyl groups excluding tert-OH is 7. The summed E-state index contributed by atoms with van der Waals surface area (Å²) < 4.78 is 23.3. The van der Waals surface area contributed by atoms with Crippen LogP contribution < -0.4 is 0 Å². The van der Waals surface area contributed by atoms with Crippen LogP contribution in [0, 0.1) is 50.2 Å². The minimum absolute atomic E-state index is 0.0336. The number of fused-ring (bicyclic) bond motifs is 7. The first kappa shape index (κ1) is 40.9. The second kappa shape index (κ2) is 14.0. The van der Waals surface area contributed by atoms with E-state index >= 15 is 0 Å². The first-order valence-electron chi connectivity index (χ1n) is 20.4. The molecule has 0 bridgehead atoms. The van der Waals surface area contributed by atoms with Gasteiger partial charge in [-0.05, 0) is 104 Å². The van der Waals surface area contributed by atoms with Gasteiger partial charge >= 0.3 is 5.97 Å². The zero-order valence-electron chi connectivity index (χ0n) is 32.9. The SMILES string of the molecule is CC1(C)CC[C@]2(C(=O)O)CC[C@@]3(C)C(=CC[C@H]4[C@@]5(C)CC[C@H](O[C@@H]6OC[C@H](O[C@@H]7[C@@H](O)[C@H](O)[C@@H](CO)O[C@H]7O)[C@H](O)[C@H]6O)[C@@](C)(CO)[C@@H]5CC[C@]43C)[C@H]2C1. The third kappa shape index (κ3) is 5.92. The highest BCUT2D eigenvalue weighted by atomic mass is 16.7. The van der Waals surface area contributed by atoms with E-state index in [9.17, 15) is 45.6 Å². The van der Waals surface area contributed by atoms with Crippen LogP contribution >= 0.6 is 0 Å². The van der Waals surface area contributed by atoms with Gasteiger partial charge in [-0.15, -0.1) is 0 Å². The number of hydrogen-bond acceptors (Lipinski definition) is 12. The monoisotopic (exact) mass is 766 g/mol. The van der Waals surface area contributed by atoms with Crippen LogP contribution in [0.3, 0.4) is 0 Å². The minimum atomic E-state index is -1.71. The van der Waals surface area contributed by atoms with Crippen LogP contribution in [0.2, 0.25) is 0 Å². The maximum absolute atomic E-state index is 13.0. The smallest absolute Gasteiger partial charge is 0.310 e. The summed E-state index contributed by atoms with van der Waals surface area (Å²) in [6.07, 6.45) is -2.90. The Hall–Kier alpha value is -1.23. The van der Waals surface area contributed by atoms with Crippen LogP contribution in [-0.2, 0) is 23.7 Å². The Bertz CT molecular complexity index is 1460. The normalized spacial score (nSPS) is 54.3. The van der Waals surface area contributed by atoms with E-state index in [-0.39, 0.29) is 46.7 Å². The molecule has 0 spiro atoms. The van der Waals surface area contributed by atoms with Crippen molar-refractivity contribution in [3.8, 4) is 0 Å². The maximum Gasteiger partial charge on any atom is 0.310 e. The van der Waals surface area contributed by atoms with Crippen molar-refractivity contribution in [3.05, 3.63) is 11.6 Å². The summed E-state index contributed by atoms with van der Waals surface area (Å²) in [5, 5.41) is 84.8. The van der Waals surface area contributed by atoms with Crippen LogP contribution in [0.4, 0.5) is 0 Å². The lowest BCUT2D eigenvalue weighted by molar-refractivity contribution is -0.343. The topological polar surface area (TPSA) is 216 Å². The fourth-order valence-corrected chi connectivity index (χ4v) is 13.4. The van der Waals surface area contributed by atoms with Crippen molar-refractivity contribution in [3.63, 3.8) is 0 Å². The molecular weight excluding hydrogens is 700 g/mol. The Morgan fingerprint density at radius 1 is 0.833 bits per heavy atom. The molecule has 0 amide bonds. The molecule has 7 aliphatic rings. The van der Waals surface area contributed by atoms with Gasteiger partial charge < -0.3 is 59.8 Å².